The molecule has 0 aromatic heterocycles. The van der Waals surface area contributed by atoms with Gasteiger partial charge >= 0.3 is 0 Å². The third-order valence-electron chi connectivity index (χ3n) is 4.02. The highest BCUT2D eigenvalue weighted by Gasteiger charge is 2.29. The van der Waals surface area contributed by atoms with Gasteiger partial charge in [0.1, 0.15) is 0 Å². The van der Waals surface area contributed by atoms with Crippen molar-refractivity contribution in [3.8, 4) is 0 Å². The lowest BCUT2D eigenvalue weighted by Gasteiger charge is -2.26. The molecule has 2 aliphatic heterocycles. The van der Waals surface area contributed by atoms with Crippen LogP contribution in [0.3, 0.4) is 0 Å². The van der Waals surface area contributed by atoms with E-state index in [1.54, 1.807) is 5.56 Å². The molecular weight excluding hydrogens is 228 g/mol. The second kappa shape index (κ2) is 5.01. The lowest BCUT2D eigenvalue weighted by atomic mass is 10.0. The van der Waals surface area contributed by atoms with Crippen LogP contribution >= 0.6 is 11.8 Å². The predicted molar refractivity (Wildman–Crippen MR) is 73.6 cm³/mol. The second-order valence-corrected chi connectivity index (χ2v) is 6.13. The van der Waals surface area contributed by atoms with E-state index in [-0.39, 0.29) is 0 Å². The number of fused-ring (bicyclic) bond motifs is 1. The molecule has 1 aromatic carbocycles. The lowest BCUT2D eigenvalue weighted by Crippen LogP contribution is -2.38. The van der Waals surface area contributed by atoms with Crippen LogP contribution in [0.5, 0.6) is 0 Å². The quantitative estimate of drug-likeness (QED) is 0.890. The highest BCUT2D eigenvalue weighted by molar-refractivity contribution is 7.99. The Morgan fingerprint density at radius 1 is 1.35 bits per heavy atom. The number of thioether (sulfide) groups is 1. The predicted octanol–water partition coefficient (Wildman–Crippen LogP) is 2.30. The number of nitrogens with two attached hydrogens (primary N) is 1. The Hall–Kier alpha value is -0.510. The topological polar surface area (TPSA) is 29.3 Å². The maximum Gasteiger partial charge on any atom is 0.0219 e. The van der Waals surface area contributed by atoms with Crippen molar-refractivity contribution < 1.29 is 0 Å². The monoisotopic (exact) mass is 248 g/mol. The summed E-state index contributed by atoms with van der Waals surface area (Å²) in [5, 5.41) is 0. The van der Waals surface area contributed by atoms with Crippen LogP contribution in [0.15, 0.2) is 29.2 Å². The third kappa shape index (κ3) is 2.24. The fourth-order valence-electron chi connectivity index (χ4n) is 3.07. The maximum atomic E-state index is 5.85. The first-order valence-electron chi connectivity index (χ1n) is 6.54. The molecule has 92 valence electrons. The lowest BCUT2D eigenvalue weighted by molar-refractivity contribution is 0.248. The summed E-state index contributed by atoms with van der Waals surface area (Å²) >= 11 is 2.01. The van der Waals surface area contributed by atoms with Gasteiger partial charge in [0.05, 0.1) is 0 Å². The largest absolute Gasteiger partial charge is 0.329 e. The van der Waals surface area contributed by atoms with Gasteiger partial charge in [-0.3, -0.25) is 4.90 Å². The van der Waals surface area contributed by atoms with Crippen LogP contribution in [0.1, 0.15) is 24.3 Å². The molecule has 1 aromatic rings. The van der Waals surface area contributed by atoms with Crippen molar-refractivity contribution in [1.29, 1.82) is 0 Å². The van der Waals surface area contributed by atoms with Gasteiger partial charge in [-0.15, -0.1) is 11.8 Å². The molecule has 0 radical (unpaired) electrons. The van der Waals surface area contributed by atoms with E-state index >= 15 is 0 Å². The average Bonchev–Trinajstić information content (AvgIpc) is 2.97. The molecule has 3 rings (SSSR count). The van der Waals surface area contributed by atoms with E-state index in [2.05, 4.69) is 29.2 Å². The van der Waals surface area contributed by atoms with E-state index in [0.29, 0.717) is 12.0 Å². The zero-order valence-corrected chi connectivity index (χ0v) is 11.0. The van der Waals surface area contributed by atoms with Crippen molar-refractivity contribution in [3.05, 3.63) is 29.8 Å². The molecule has 2 N–H and O–H groups in total. The van der Waals surface area contributed by atoms with Gasteiger partial charge in [0.25, 0.3) is 0 Å². The number of benzene rings is 1. The Labute approximate surface area is 108 Å². The molecule has 2 aliphatic rings. The molecule has 3 heteroatoms. The van der Waals surface area contributed by atoms with Crippen molar-refractivity contribution in [2.75, 3.05) is 25.4 Å². The fraction of sp³-hybridized carbons (Fsp3) is 0.571. The normalized spacial score (nSPS) is 28.5. The van der Waals surface area contributed by atoms with Crippen LogP contribution in [-0.4, -0.2) is 36.3 Å². The van der Waals surface area contributed by atoms with Crippen molar-refractivity contribution in [3.63, 3.8) is 0 Å². The molecule has 1 fully saturated rings. The molecule has 2 heterocycles. The summed E-state index contributed by atoms with van der Waals surface area (Å²) in [5.74, 6) is 1.95. The number of rotatable bonds is 3. The Balaban J connectivity index is 1.71. The van der Waals surface area contributed by atoms with Crippen molar-refractivity contribution in [2.24, 2.45) is 5.73 Å². The van der Waals surface area contributed by atoms with Gasteiger partial charge in [-0.1, -0.05) is 18.2 Å². The summed E-state index contributed by atoms with van der Waals surface area (Å²) in [4.78, 5) is 4.09. The Morgan fingerprint density at radius 3 is 3.12 bits per heavy atom. The standard InChI is InChI=1S/C14H20N2S/c15-8-12-4-3-7-16(12)9-11-10-17-14-6-2-1-5-13(11)14/h1-2,5-6,11-12H,3-4,7-10,15H2. The number of hydrogen-bond donors (Lipinski definition) is 1. The summed E-state index contributed by atoms with van der Waals surface area (Å²) in [6.45, 7) is 3.26. The van der Waals surface area contributed by atoms with Crippen LogP contribution in [0.4, 0.5) is 0 Å². The molecule has 1 saturated heterocycles. The Bertz CT molecular complexity index is 394. The maximum absolute atomic E-state index is 5.85. The summed E-state index contributed by atoms with van der Waals surface area (Å²) in [7, 11) is 0. The minimum Gasteiger partial charge on any atom is -0.329 e. The molecule has 2 unspecified atom stereocenters. The summed E-state index contributed by atoms with van der Waals surface area (Å²) in [5.41, 5.74) is 7.40. The Morgan fingerprint density at radius 2 is 2.24 bits per heavy atom. The van der Waals surface area contributed by atoms with E-state index in [1.165, 1.54) is 36.6 Å². The van der Waals surface area contributed by atoms with Crippen LogP contribution in [0.2, 0.25) is 0 Å². The first kappa shape index (κ1) is 11.6. The molecule has 2 nitrogen and oxygen atoms in total. The fourth-order valence-corrected chi connectivity index (χ4v) is 4.31. The van der Waals surface area contributed by atoms with E-state index in [9.17, 15) is 0 Å². The molecule has 17 heavy (non-hydrogen) atoms. The zero-order chi connectivity index (χ0) is 11.7. The van der Waals surface area contributed by atoms with Gasteiger partial charge in [0.15, 0.2) is 0 Å². The third-order valence-corrected chi connectivity index (χ3v) is 5.28. The highest BCUT2D eigenvalue weighted by atomic mass is 32.2. The van der Waals surface area contributed by atoms with Gasteiger partial charge < -0.3 is 5.73 Å². The van der Waals surface area contributed by atoms with E-state index < -0.39 is 0 Å². The van der Waals surface area contributed by atoms with Gasteiger partial charge in [-0.05, 0) is 31.0 Å². The van der Waals surface area contributed by atoms with E-state index in [1.807, 2.05) is 11.8 Å². The molecule has 0 spiro atoms. The Kier molecular flexibility index (Phi) is 3.41. The van der Waals surface area contributed by atoms with Crippen LogP contribution in [0, 0.1) is 0 Å². The minimum absolute atomic E-state index is 0.632. The minimum atomic E-state index is 0.632. The van der Waals surface area contributed by atoms with Gasteiger partial charge in [-0.25, -0.2) is 0 Å². The van der Waals surface area contributed by atoms with Crippen molar-refractivity contribution >= 4 is 11.8 Å². The molecule has 0 amide bonds. The summed E-state index contributed by atoms with van der Waals surface area (Å²) in [6, 6.07) is 9.50. The van der Waals surface area contributed by atoms with Crippen LogP contribution < -0.4 is 5.73 Å². The molecule has 0 aliphatic carbocycles. The SMILES string of the molecule is NCC1CCCN1CC1CSc2ccccc21. The van der Waals surface area contributed by atoms with Crippen LogP contribution in [0.25, 0.3) is 0 Å². The van der Waals surface area contributed by atoms with E-state index in [0.717, 1.165) is 6.54 Å². The first-order chi connectivity index (χ1) is 8.38. The van der Waals surface area contributed by atoms with Gasteiger partial charge in [0.2, 0.25) is 0 Å². The summed E-state index contributed by atoms with van der Waals surface area (Å²) < 4.78 is 0. The molecular formula is C14H20N2S. The van der Waals surface area contributed by atoms with Crippen molar-refractivity contribution in [2.45, 2.75) is 29.7 Å². The van der Waals surface area contributed by atoms with Gasteiger partial charge in [-0.2, -0.15) is 0 Å². The first-order valence-corrected chi connectivity index (χ1v) is 7.53. The van der Waals surface area contributed by atoms with Gasteiger partial charge in [0, 0.05) is 35.7 Å². The highest BCUT2D eigenvalue weighted by Crippen LogP contribution is 2.40. The molecule has 2 atom stereocenters. The second-order valence-electron chi connectivity index (χ2n) is 5.07. The van der Waals surface area contributed by atoms with Crippen LogP contribution in [-0.2, 0) is 0 Å². The number of nitrogens with zero attached hydrogens (tertiary/aromatic N) is 1. The smallest absolute Gasteiger partial charge is 0.0219 e. The summed E-state index contributed by atoms with van der Waals surface area (Å²) in [6.07, 6.45) is 2.61. The van der Waals surface area contributed by atoms with Crippen molar-refractivity contribution in [1.82, 2.24) is 4.90 Å². The average molecular weight is 248 g/mol. The van der Waals surface area contributed by atoms with E-state index in [4.69, 9.17) is 5.73 Å². The zero-order valence-electron chi connectivity index (χ0n) is 10.1. The molecule has 0 saturated carbocycles. The number of likely N-dealkylation sites (tertiary alicyclic amines) is 1. The number of hydrogen-bond acceptors (Lipinski definition) is 3. The molecule has 0 bridgehead atoms.